The number of rotatable bonds is 9. The van der Waals surface area contributed by atoms with Crippen LogP contribution in [0.15, 0.2) is 24.5 Å². The normalized spacial score (nSPS) is 12.9. The van der Waals surface area contributed by atoms with Gasteiger partial charge in [0.1, 0.15) is 0 Å². The van der Waals surface area contributed by atoms with Crippen molar-refractivity contribution in [3.8, 4) is 0 Å². The van der Waals surface area contributed by atoms with Gasteiger partial charge in [0, 0.05) is 31.5 Å². The van der Waals surface area contributed by atoms with E-state index in [-0.39, 0.29) is 0 Å². The lowest BCUT2D eigenvalue weighted by Crippen LogP contribution is -2.40. The molecule has 1 unspecified atom stereocenters. The Morgan fingerprint density at radius 1 is 1.28 bits per heavy atom. The van der Waals surface area contributed by atoms with Crippen LogP contribution in [0.4, 0.5) is 0 Å². The lowest BCUT2D eigenvalue weighted by molar-refractivity contribution is 0.232. The average Bonchev–Trinajstić information content (AvgIpc) is 2.42. The van der Waals surface area contributed by atoms with Gasteiger partial charge in [-0.2, -0.15) is 0 Å². The number of hydrogen-bond donors (Lipinski definition) is 1. The molecule has 3 heteroatoms. The molecule has 0 amide bonds. The third-order valence-corrected chi connectivity index (χ3v) is 3.40. The molecular weight excluding hydrogens is 222 g/mol. The Morgan fingerprint density at radius 3 is 2.61 bits per heavy atom. The highest BCUT2D eigenvalue weighted by molar-refractivity contribution is 5.09. The third kappa shape index (κ3) is 5.61. The van der Waals surface area contributed by atoms with E-state index >= 15 is 0 Å². The molecule has 0 aromatic carbocycles. The fourth-order valence-electron chi connectivity index (χ4n) is 2.09. The van der Waals surface area contributed by atoms with Crippen molar-refractivity contribution in [3.05, 3.63) is 30.1 Å². The van der Waals surface area contributed by atoms with Gasteiger partial charge in [0.2, 0.25) is 0 Å². The molecule has 1 heterocycles. The number of pyridine rings is 1. The molecule has 1 N–H and O–H groups in total. The second-order valence-electron chi connectivity index (χ2n) is 4.85. The molecule has 1 aromatic heterocycles. The smallest absolute Gasteiger partial charge is 0.0270 e. The molecule has 0 saturated heterocycles. The van der Waals surface area contributed by atoms with Crippen molar-refractivity contribution in [3.63, 3.8) is 0 Å². The summed E-state index contributed by atoms with van der Waals surface area (Å²) in [6, 6.07) is 4.84. The Balaban J connectivity index is 2.30. The fraction of sp³-hybridized carbons (Fsp3) is 0.667. The van der Waals surface area contributed by atoms with Gasteiger partial charge in [0.05, 0.1) is 0 Å². The van der Waals surface area contributed by atoms with E-state index in [0.29, 0.717) is 6.04 Å². The van der Waals surface area contributed by atoms with Crippen LogP contribution in [-0.4, -0.2) is 42.6 Å². The van der Waals surface area contributed by atoms with Crippen LogP contribution in [0.2, 0.25) is 0 Å². The summed E-state index contributed by atoms with van der Waals surface area (Å²) in [7, 11) is 2.23. The van der Waals surface area contributed by atoms with Gasteiger partial charge in [0.15, 0.2) is 0 Å². The van der Waals surface area contributed by atoms with Crippen LogP contribution >= 0.6 is 0 Å². The highest BCUT2D eigenvalue weighted by Gasteiger charge is 2.11. The van der Waals surface area contributed by atoms with Crippen molar-refractivity contribution in [2.45, 2.75) is 39.2 Å². The summed E-state index contributed by atoms with van der Waals surface area (Å²) in [6.07, 6.45) is 7.24. The van der Waals surface area contributed by atoms with Crippen molar-refractivity contribution in [1.82, 2.24) is 15.2 Å². The summed E-state index contributed by atoms with van der Waals surface area (Å²) in [5.74, 6) is 0. The maximum absolute atomic E-state index is 4.05. The van der Waals surface area contributed by atoms with Crippen LogP contribution in [0.25, 0.3) is 0 Å². The predicted octanol–water partition coefficient (Wildman–Crippen LogP) is 2.33. The van der Waals surface area contributed by atoms with Gasteiger partial charge < -0.3 is 10.2 Å². The molecule has 102 valence electrons. The van der Waals surface area contributed by atoms with Crippen LogP contribution < -0.4 is 5.32 Å². The molecular formula is C15H27N3. The van der Waals surface area contributed by atoms with Crippen molar-refractivity contribution in [2.24, 2.45) is 0 Å². The molecule has 0 saturated carbocycles. The van der Waals surface area contributed by atoms with Gasteiger partial charge in [0.25, 0.3) is 0 Å². The summed E-state index contributed by atoms with van der Waals surface area (Å²) in [6.45, 7) is 7.80. The molecule has 1 aromatic rings. The predicted molar refractivity (Wildman–Crippen MR) is 77.8 cm³/mol. The maximum atomic E-state index is 4.05. The van der Waals surface area contributed by atoms with Gasteiger partial charge in [-0.25, -0.2) is 0 Å². The lowest BCUT2D eigenvalue weighted by atomic mass is 10.1. The van der Waals surface area contributed by atoms with Crippen LogP contribution in [0.5, 0.6) is 0 Å². The van der Waals surface area contributed by atoms with Crippen molar-refractivity contribution in [1.29, 1.82) is 0 Å². The highest BCUT2D eigenvalue weighted by Crippen LogP contribution is 2.04. The van der Waals surface area contributed by atoms with Gasteiger partial charge in [-0.15, -0.1) is 0 Å². The van der Waals surface area contributed by atoms with Crippen LogP contribution in [-0.2, 0) is 6.42 Å². The second-order valence-corrected chi connectivity index (χ2v) is 4.85. The minimum Gasteiger partial charge on any atom is -0.315 e. The summed E-state index contributed by atoms with van der Waals surface area (Å²) in [5, 5.41) is 3.51. The Morgan fingerprint density at radius 2 is 2.00 bits per heavy atom. The standard InChI is InChI=1S/C15H27N3/c1-4-9-17-13-15(5-2)18(3)12-8-14-6-10-16-11-7-14/h6-7,10-11,15,17H,4-5,8-9,12-13H2,1-3H3. The van der Waals surface area contributed by atoms with E-state index in [9.17, 15) is 0 Å². The second kappa shape index (κ2) is 9.06. The van der Waals surface area contributed by atoms with Crippen LogP contribution in [0.3, 0.4) is 0 Å². The van der Waals surface area contributed by atoms with E-state index in [1.54, 1.807) is 0 Å². The van der Waals surface area contributed by atoms with Crippen molar-refractivity contribution in [2.75, 3.05) is 26.7 Å². The van der Waals surface area contributed by atoms with Crippen LogP contribution in [0.1, 0.15) is 32.3 Å². The highest BCUT2D eigenvalue weighted by atomic mass is 15.1. The number of nitrogens with one attached hydrogen (secondary N) is 1. The van der Waals surface area contributed by atoms with E-state index in [2.05, 4.69) is 48.2 Å². The lowest BCUT2D eigenvalue weighted by Gasteiger charge is -2.27. The van der Waals surface area contributed by atoms with Crippen molar-refractivity contribution < 1.29 is 0 Å². The van der Waals surface area contributed by atoms with E-state index in [4.69, 9.17) is 0 Å². The molecule has 0 aliphatic rings. The monoisotopic (exact) mass is 249 g/mol. The van der Waals surface area contributed by atoms with E-state index in [1.807, 2.05) is 12.4 Å². The first-order valence-corrected chi connectivity index (χ1v) is 7.07. The average molecular weight is 249 g/mol. The maximum Gasteiger partial charge on any atom is 0.0270 e. The topological polar surface area (TPSA) is 28.2 Å². The van der Waals surface area contributed by atoms with Crippen molar-refractivity contribution >= 4 is 0 Å². The zero-order valence-electron chi connectivity index (χ0n) is 12.0. The molecule has 0 bridgehead atoms. The van der Waals surface area contributed by atoms with E-state index in [0.717, 1.165) is 26.1 Å². The SMILES string of the molecule is CCCNCC(CC)N(C)CCc1ccncc1. The Hall–Kier alpha value is -0.930. The fourth-order valence-corrected chi connectivity index (χ4v) is 2.09. The summed E-state index contributed by atoms with van der Waals surface area (Å²) < 4.78 is 0. The summed E-state index contributed by atoms with van der Waals surface area (Å²) >= 11 is 0. The molecule has 0 spiro atoms. The molecule has 1 rings (SSSR count). The quantitative estimate of drug-likeness (QED) is 0.681. The number of hydrogen-bond acceptors (Lipinski definition) is 3. The largest absolute Gasteiger partial charge is 0.315 e. The molecule has 3 nitrogen and oxygen atoms in total. The molecule has 1 atom stereocenters. The molecule has 0 fully saturated rings. The first-order valence-electron chi connectivity index (χ1n) is 7.07. The zero-order chi connectivity index (χ0) is 13.2. The van der Waals surface area contributed by atoms with Crippen LogP contribution in [0, 0.1) is 0 Å². The first-order chi connectivity index (χ1) is 8.77. The zero-order valence-corrected chi connectivity index (χ0v) is 12.0. The molecule has 0 radical (unpaired) electrons. The van der Waals surface area contributed by atoms with E-state index < -0.39 is 0 Å². The van der Waals surface area contributed by atoms with Gasteiger partial charge in [-0.3, -0.25) is 4.98 Å². The first kappa shape index (κ1) is 15.1. The summed E-state index contributed by atoms with van der Waals surface area (Å²) in [5.41, 5.74) is 1.37. The van der Waals surface area contributed by atoms with Gasteiger partial charge in [-0.05, 0) is 50.6 Å². The van der Waals surface area contributed by atoms with Gasteiger partial charge >= 0.3 is 0 Å². The van der Waals surface area contributed by atoms with E-state index in [1.165, 1.54) is 18.4 Å². The van der Waals surface area contributed by atoms with Gasteiger partial charge in [-0.1, -0.05) is 13.8 Å². The number of aromatic nitrogens is 1. The molecule has 18 heavy (non-hydrogen) atoms. The minimum absolute atomic E-state index is 0.637. The third-order valence-electron chi connectivity index (χ3n) is 3.40. The number of likely N-dealkylation sites (N-methyl/N-ethyl adjacent to an activating group) is 1. The Bertz CT molecular complexity index is 300. The summed E-state index contributed by atoms with van der Waals surface area (Å²) in [4.78, 5) is 6.51. The Kier molecular flexibility index (Phi) is 7.62. The number of nitrogens with zero attached hydrogens (tertiary/aromatic N) is 2. The Labute approximate surface area is 112 Å². The molecule has 0 aliphatic heterocycles. The molecule has 0 aliphatic carbocycles. The minimum atomic E-state index is 0.637.